The fourth-order valence-electron chi connectivity index (χ4n) is 2.31. The summed E-state index contributed by atoms with van der Waals surface area (Å²) in [5.41, 5.74) is 0.878. The molecule has 2 aromatic heterocycles. The molecule has 0 aliphatic carbocycles. The Kier molecular flexibility index (Phi) is 4.13. The molecule has 2 aromatic rings. The van der Waals surface area contributed by atoms with Gasteiger partial charge in [-0.2, -0.15) is 0 Å². The van der Waals surface area contributed by atoms with Gasteiger partial charge in [0.05, 0.1) is 18.5 Å². The minimum Gasteiger partial charge on any atom is -0.462 e. The van der Waals surface area contributed by atoms with E-state index in [1.165, 1.54) is 11.3 Å². The minimum atomic E-state index is 0.138. The Morgan fingerprint density at radius 3 is 3.10 bits per heavy atom. The van der Waals surface area contributed by atoms with Crippen molar-refractivity contribution in [2.24, 2.45) is 5.92 Å². The summed E-state index contributed by atoms with van der Waals surface area (Å²) in [6, 6.07) is 3.73. The van der Waals surface area contributed by atoms with E-state index in [2.05, 4.69) is 15.6 Å². The largest absolute Gasteiger partial charge is 0.462 e. The summed E-state index contributed by atoms with van der Waals surface area (Å²) in [4.78, 5) is 16.5. The Balaban J connectivity index is 1.54. The number of amides is 1. The molecule has 0 aromatic carbocycles. The molecule has 20 heavy (non-hydrogen) atoms. The predicted octanol–water partition coefficient (Wildman–Crippen LogP) is 2.02. The van der Waals surface area contributed by atoms with E-state index in [0.717, 1.165) is 42.4 Å². The topological polar surface area (TPSA) is 67.2 Å². The van der Waals surface area contributed by atoms with Gasteiger partial charge in [-0.3, -0.25) is 4.79 Å². The van der Waals surface area contributed by atoms with E-state index in [1.54, 1.807) is 6.26 Å². The zero-order chi connectivity index (χ0) is 13.8. The van der Waals surface area contributed by atoms with Crippen LogP contribution in [0.5, 0.6) is 0 Å². The summed E-state index contributed by atoms with van der Waals surface area (Å²) in [5.74, 6) is 1.05. The van der Waals surface area contributed by atoms with E-state index in [-0.39, 0.29) is 11.8 Å². The van der Waals surface area contributed by atoms with Gasteiger partial charge in [-0.05, 0) is 38.1 Å². The maximum Gasteiger partial charge on any atom is 0.223 e. The summed E-state index contributed by atoms with van der Waals surface area (Å²) in [6.07, 6.45) is 3.47. The minimum absolute atomic E-state index is 0.138. The molecular weight excluding hydrogens is 274 g/mol. The fraction of sp³-hybridized carbons (Fsp3) is 0.429. The third-order valence-electron chi connectivity index (χ3n) is 3.44. The van der Waals surface area contributed by atoms with Crippen LogP contribution in [-0.2, 0) is 11.3 Å². The Hall–Kier alpha value is -1.66. The van der Waals surface area contributed by atoms with Crippen LogP contribution in [0.3, 0.4) is 0 Å². The van der Waals surface area contributed by atoms with Crippen LogP contribution in [0, 0.1) is 5.92 Å². The van der Waals surface area contributed by atoms with Crippen molar-refractivity contribution in [3.63, 3.8) is 0 Å². The lowest BCUT2D eigenvalue weighted by atomic mass is 9.97. The van der Waals surface area contributed by atoms with E-state index in [0.29, 0.717) is 6.54 Å². The van der Waals surface area contributed by atoms with Crippen molar-refractivity contribution >= 4 is 17.2 Å². The number of furan rings is 1. The molecule has 0 spiro atoms. The van der Waals surface area contributed by atoms with Crippen molar-refractivity contribution in [3.8, 4) is 10.8 Å². The molecule has 1 aliphatic rings. The van der Waals surface area contributed by atoms with Crippen molar-refractivity contribution in [2.45, 2.75) is 19.4 Å². The summed E-state index contributed by atoms with van der Waals surface area (Å²) in [6.45, 7) is 2.34. The number of nitrogens with zero attached hydrogens (tertiary/aromatic N) is 1. The predicted molar refractivity (Wildman–Crippen MR) is 77.3 cm³/mol. The highest BCUT2D eigenvalue weighted by Crippen LogP contribution is 2.23. The lowest BCUT2D eigenvalue weighted by Crippen LogP contribution is -2.37. The van der Waals surface area contributed by atoms with Crippen LogP contribution < -0.4 is 10.6 Å². The smallest absolute Gasteiger partial charge is 0.223 e. The normalized spacial score (nSPS) is 16.2. The number of carbonyl (C=O) groups excluding carboxylic acids is 1. The van der Waals surface area contributed by atoms with Crippen molar-refractivity contribution < 1.29 is 9.21 Å². The second kappa shape index (κ2) is 6.19. The van der Waals surface area contributed by atoms with Crippen LogP contribution in [0.15, 0.2) is 28.2 Å². The molecule has 2 N–H and O–H groups in total. The molecule has 1 fully saturated rings. The summed E-state index contributed by atoms with van der Waals surface area (Å²) >= 11 is 1.53. The average Bonchev–Trinajstić information content (AvgIpc) is 3.16. The number of piperidine rings is 1. The molecule has 0 radical (unpaired) electrons. The first-order valence-electron chi connectivity index (χ1n) is 6.79. The lowest BCUT2D eigenvalue weighted by Gasteiger charge is -2.21. The maximum absolute atomic E-state index is 12.0. The van der Waals surface area contributed by atoms with E-state index in [1.807, 2.05) is 17.5 Å². The van der Waals surface area contributed by atoms with Gasteiger partial charge < -0.3 is 15.1 Å². The highest BCUT2D eigenvalue weighted by atomic mass is 32.1. The number of thiazole rings is 1. The van der Waals surface area contributed by atoms with Crippen molar-refractivity contribution in [3.05, 3.63) is 29.5 Å². The number of hydrogen-bond donors (Lipinski definition) is 2. The highest BCUT2D eigenvalue weighted by molar-refractivity contribution is 7.13. The Morgan fingerprint density at radius 2 is 2.35 bits per heavy atom. The van der Waals surface area contributed by atoms with Crippen LogP contribution in [-0.4, -0.2) is 24.0 Å². The van der Waals surface area contributed by atoms with Gasteiger partial charge in [0.1, 0.15) is 0 Å². The van der Waals surface area contributed by atoms with E-state index < -0.39 is 0 Å². The number of hydrogen-bond acceptors (Lipinski definition) is 5. The second-order valence-corrected chi connectivity index (χ2v) is 5.72. The SMILES string of the molecule is O=C(NCc1csc(-c2ccco2)n1)C1CCNCC1. The van der Waals surface area contributed by atoms with Gasteiger partial charge in [0, 0.05) is 11.3 Å². The molecule has 0 bridgehead atoms. The molecule has 0 saturated carbocycles. The molecule has 1 amide bonds. The molecule has 1 aliphatic heterocycles. The molecular formula is C14H17N3O2S. The van der Waals surface area contributed by atoms with Crippen LogP contribution >= 0.6 is 11.3 Å². The first-order valence-corrected chi connectivity index (χ1v) is 7.67. The lowest BCUT2D eigenvalue weighted by molar-refractivity contribution is -0.125. The molecule has 106 valence electrons. The van der Waals surface area contributed by atoms with Gasteiger partial charge in [0.15, 0.2) is 10.8 Å². The van der Waals surface area contributed by atoms with Crippen LogP contribution in [0.1, 0.15) is 18.5 Å². The van der Waals surface area contributed by atoms with Gasteiger partial charge in [-0.25, -0.2) is 4.98 Å². The van der Waals surface area contributed by atoms with Crippen LogP contribution in [0.4, 0.5) is 0 Å². The van der Waals surface area contributed by atoms with Crippen molar-refractivity contribution in [1.82, 2.24) is 15.6 Å². The maximum atomic E-state index is 12.0. The molecule has 0 unspecified atom stereocenters. The number of nitrogens with one attached hydrogen (secondary N) is 2. The van der Waals surface area contributed by atoms with E-state index >= 15 is 0 Å². The molecule has 5 nitrogen and oxygen atoms in total. The average molecular weight is 291 g/mol. The third kappa shape index (κ3) is 3.08. The third-order valence-corrected chi connectivity index (χ3v) is 4.34. The fourth-order valence-corrected chi connectivity index (χ4v) is 3.09. The van der Waals surface area contributed by atoms with Gasteiger partial charge in [0.2, 0.25) is 5.91 Å². The number of aromatic nitrogens is 1. The first kappa shape index (κ1) is 13.3. The summed E-state index contributed by atoms with van der Waals surface area (Å²) in [5, 5.41) is 9.04. The van der Waals surface area contributed by atoms with E-state index in [9.17, 15) is 4.79 Å². The first-order chi connectivity index (χ1) is 9.83. The van der Waals surface area contributed by atoms with Crippen LogP contribution in [0.2, 0.25) is 0 Å². The zero-order valence-electron chi connectivity index (χ0n) is 11.1. The van der Waals surface area contributed by atoms with Crippen molar-refractivity contribution in [2.75, 3.05) is 13.1 Å². The number of rotatable bonds is 4. The highest BCUT2D eigenvalue weighted by Gasteiger charge is 2.20. The molecule has 1 saturated heterocycles. The zero-order valence-corrected chi connectivity index (χ0v) is 11.9. The molecule has 6 heteroatoms. The van der Waals surface area contributed by atoms with Crippen molar-refractivity contribution in [1.29, 1.82) is 0 Å². The Morgan fingerprint density at radius 1 is 1.50 bits per heavy atom. The Bertz CT molecular complexity index is 559. The molecule has 3 heterocycles. The molecule has 0 atom stereocenters. The second-order valence-electron chi connectivity index (χ2n) is 4.86. The van der Waals surface area contributed by atoms with Gasteiger partial charge in [-0.15, -0.1) is 11.3 Å². The summed E-state index contributed by atoms with van der Waals surface area (Å²) < 4.78 is 5.31. The standard InChI is InChI=1S/C14H17N3O2S/c18-13(10-3-5-15-6-4-10)16-8-11-9-20-14(17-11)12-2-1-7-19-12/h1-2,7,9-10,15H,3-6,8H2,(H,16,18). The number of carbonyl (C=O) groups is 1. The quantitative estimate of drug-likeness (QED) is 0.904. The van der Waals surface area contributed by atoms with Gasteiger partial charge in [0.25, 0.3) is 0 Å². The summed E-state index contributed by atoms with van der Waals surface area (Å²) in [7, 11) is 0. The Labute approximate surface area is 121 Å². The monoisotopic (exact) mass is 291 g/mol. The molecule has 3 rings (SSSR count). The van der Waals surface area contributed by atoms with Gasteiger partial charge in [-0.1, -0.05) is 0 Å². The van der Waals surface area contributed by atoms with Gasteiger partial charge >= 0.3 is 0 Å². The van der Waals surface area contributed by atoms with E-state index in [4.69, 9.17) is 4.42 Å². The van der Waals surface area contributed by atoms with Crippen LogP contribution in [0.25, 0.3) is 10.8 Å².